The third kappa shape index (κ3) is 3.82. The highest BCUT2D eigenvalue weighted by molar-refractivity contribution is 8.13. The molecular weight excluding hydrogens is 226 g/mol. The molecule has 0 aliphatic carbocycles. The average molecular weight is 238 g/mol. The fourth-order valence-electron chi connectivity index (χ4n) is 1.61. The number of nitriles is 1. The standard InChI is InChI=1S/C8H12ClNO3S/c9-14(11,12)6-8(5-10)7-1-3-13-4-2-7/h7-8H,1-4,6H2. The topological polar surface area (TPSA) is 67.2 Å². The van der Waals surface area contributed by atoms with Crippen molar-refractivity contribution in [2.24, 2.45) is 11.8 Å². The molecule has 4 nitrogen and oxygen atoms in total. The minimum Gasteiger partial charge on any atom is -0.381 e. The Bertz CT molecular complexity index is 316. The summed E-state index contributed by atoms with van der Waals surface area (Å²) in [4.78, 5) is 0. The van der Waals surface area contributed by atoms with Gasteiger partial charge >= 0.3 is 0 Å². The van der Waals surface area contributed by atoms with E-state index in [9.17, 15) is 8.42 Å². The predicted octanol–water partition coefficient (Wildman–Crippen LogP) is 1.12. The molecule has 0 amide bonds. The van der Waals surface area contributed by atoms with E-state index in [1.54, 1.807) is 0 Å². The lowest BCUT2D eigenvalue weighted by molar-refractivity contribution is 0.0573. The fourth-order valence-corrected chi connectivity index (χ4v) is 2.79. The third-order valence-corrected chi connectivity index (χ3v) is 3.51. The lowest BCUT2D eigenvalue weighted by Crippen LogP contribution is -2.26. The molecule has 0 N–H and O–H groups in total. The summed E-state index contributed by atoms with van der Waals surface area (Å²) in [5.41, 5.74) is 0. The molecule has 1 unspecified atom stereocenters. The van der Waals surface area contributed by atoms with Crippen molar-refractivity contribution in [2.45, 2.75) is 12.8 Å². The van der Waals surface area contributed by atoms with Crippen LogP contribution in [0.5, 0.6) is 0 Å². The molecule has 1 aliphatic heterocycles. The minimum absolute atomic E-state index is 0.0993. The quantitative estimate of drug-likeness (QED) is 0.690. The Hall–Kier alpha value is -0.310. The molecule has 0 aromatic rings. The van der Waals surface area contributed by atoms with E-state index in [-0.39, 0.29) is 11.7 Å². The van der Waals surface area contributed by atoms with Crippen LogP contribution in [0.4, 0.5) is 0 Å². The summed E-state index contributed by atoms with van der Waals surface area (Å²) in [5, 5.41) is 8.83. The van der Waals surface area contributed by atoms with Crippen LogP contribution in [0.3, 0.4) is 0 Å². The van der Waals surface area contributed by atoms with Gasteiger partial charge in [0.1, 0.15) is 0 Å². The molecule has 0 saturated carbocycles. The number of halogens is 1. The number of rotatable bonds is 3. The molecule has 6 heteroatoms. The average Bonchev–Trinajstić information content (AvgIpc) is 2.14. The Morgan fingerprint density at radius 3 is 2.50 bits per heavy atom. The van der Waals surface area contributed by atoms with Gasteiger partial charge in [-0.1, -0.05) is 0 Å². The van der Waals surface area contributed by atoms with E-state index in [0.29, 0.717) is 13.2 Å². The van der Waals surface area contributed by atoms with Crippen molar-refractivity contribution in [3.05, 3.63) is 0 Å². The van der Waals surface area contributed by atoms with Crippen molar-refractivity contribution >= 4 is 19.7 Å². The van der Waals surface area contributed by atoms with Gasteiger partial charge in [-0.2, -0.15) is 5.26 Å². The van der Waals surface area contributed by atoms with E-state index < -0.39 is 15.0 Å². The van der Waals surface area contributed by atoms with Crippen LogP contribution in [0.25, 0.3) is 0 Å². The zero-order valence-electron chi connectivity index (χ0n) is 7.65. The first-order chi connectivity index (χ1) is 6.53. The van der Waals surface area contributed by atoms with Crippen molar-refractivity contribution in [3.63, 3.8) is 0 Å². The van der Waals surface area contributed by atoms with E-state index >= 15 is 0 Å². The van der Waals surface area contributed by atoms with Crippen LogP contribution in [0, 0.1) is 23.2 Å². The molecule has 0 bridgehead atoms. The second kappa shape index (κ2) is 4.96. The molecule has 14 heavy (non-hydrogen) atoms. The Kier molecular flexibility index (Phi) is 4.17. The second-order valence-electron chi connectivity index (χ2n) is 3.39. The normalized spacial score (nSPS) is 21.4. The van der Waals surface area contributed by atoms with Gasteiger partial charge in [-0.25, -0.2) is 8.42 Å². The molecule has 1 aliphatic rings. The van der Waals surface area contributed by atoms with Crippen LogP contribution in [0.2, 0.25) is 0 Å². The monoisotopic (exact) mass is 237 g/mol. The first-order valence-corrected chi connectivity index (χ1v) is 6.90. The Morgan fingerprint density at radius 2 is 2.07 bits per heavy atom. The third-order valence-electron chi connectivity index (χ3n) is 2.38. The summed E-state index contributed by atoms with van der Waals surface area (Å²) in [7, 11) is 1.54. The maximum absolute atomic E-state index is 10.8. The Balaban J connectivity index is 2.58. The van der Waals surface area contributed by atoms with Gasteiger partial charge in [0, 0.05) is 23.9 Å². The first kappa shape index (κ1) is 11.8. The predicted molar refractivity (Wildman–Crippen MR) is 52.3 cm³/mol. The lowest BCUT2D eigenvalue weighted by Gasteiger charge is -2.25. The molecule has 1 saturated heterocycles. The number of hydrogen-bond donors (Lipinski definition) is 0. The van der Waals surface area contributed by atoms with E-state index in [0.717, 1.165) is 12.8 Å². The maximum Gasteiger partial charge on any atom is 0.233 e. The van der Waals surface area contributed by atoms with E-state index in [1.165, 1.54) is 0 Å². The summed E-state index contributed by atoms with van der Waals surface area (Å²) < 4.78 is 26.8. The summed E-state index contributed by atoms with van der Waals surface area (Å²) in [5.74, 6) is -0.654. The molecule has 0 spiro atoms. The number of nitrogens with zero attached hydrogens (tertiary/aromatic N) is 1. The van der Waals surface area contributed by atoms with Gasteiger partial charge in [0.15, 0.2) is 0 Å². The minimum atomic E-state index is -3.58. The molecular formula is C8H12ClNO3S. The van der Waals surface area contributed by atoms with Crippen molar-refractivity contribution in [1.82, 2.24) is 0 Å². The first-order valence-electron chi connectivity index (χ1n) is 4.42. The number of hydrogen-bond acceptors (Lipinski definition) is 4. The van der Waals surface area contributed by atoms with Crippen molar-refractivity contribution in [1.29, 1.82) is 5.26 Å². The molecule has 0 radical (unpaired) electrons. The summed E-state index contributed by atoms with van der Waals surface area (Å²) in [6, 6.07) is 2.01. The van der Waals surface area contributed by atoms with Gasteiger partial charge in [0.2, 0.25) is 9.05 Å². The smallest absolute Gasteiger partial charge is 0.233 e. The lowest BCUT2D eigenvalue weighted by atomic mass is 9.88. The summed E-state index contributed by atoms with van der Waals surface area (Å²) in [6.45, 7) is 1.20. The van der Waals surface area contributed by atoms with Crippen LogP contribution in [0.15, 0.2) is 0 Å². The highest BCUT2D eigenvalue weighted by atomic mass is 35.7. The Labute approximate surface area is 88.2 Å². The summed E-state index contributed by atoms with van der Waals surface area (Å²) >= 11 is 0. The van der Waals surface area contributed by atoms with Gasteiger partial charge < -0.3 is 4.74 Å². The molecule has 0 aromatic heterocycles. The van der Waals surface area contributed by atoms with Gasteiger partial charge in [0.25, 0.3) is 0 Å². The highest BCUT2D eigenvalue weighted by Crippen LogP contribution is 2.25. The van der Waals surface area contributed by atoms with Gasteiger partial charge in [-0.15, -0.1) is 0 Å². The fraction of sp³-hybridized carbons (Fsp3) is 0.875. The zero-order valence-corrected chi connectivity index (χ0v) is 9.22. The van der Waals surface area contributed by atoms with Crippen molar-refractivity contribution < 1.29 is 13.2 Å². The molecule has 80 valence electrons. The maximum atomic E-state index is 10.8. The Morgan fingerprint density at radius 1 is 1.50 bits per heavy atom. The summed E-state index contributed by atoms with van der Waals surface area (Å²) in [6.07, 6.45) is 1.48. The van der Waals surface area contributed by atoms with E-state index in [4.69, 9.17) is 20.7 Å². The van der Waals surface area contributed by atoms with Crippen LogP contribution < -0.4 is 0 Å². The van der Waals surface area contributed by atoms with Crippen molar-refractivity contribution in [3.8, 4) is 6.07 Å². The number of ether oxygens (including phenoxy) is 1. The largest absolute Gasteiger partial charge is 0.381 e. The molecule has 1 rings (SSSR count). The zero-order chi connectivity index (χ0) is 10.6. The molecule has 0 aromatic carbocycles. The highest BCUT2D eigenvalue weighted by Gasteiger charge is 2.27. The SMILES string of the molecule is N#CC(CS(=O)(=O)Cl)C1CCOCC1. The van der Waals surface area contributed by atoms with Gasteiger partial charge in [0.05, 0.1) is 17.7 Å². The van der Waals surface area contributed by atoms with Gasteiger partial charge in [-0.05, 0) is 18.8 Å². The van der Waals surface area contributed by atoms with E-state index in [1.807, 2.05) is 6.07 Å². The van der Waals surface area contributed by atoms with Crippen molar-refractivity contribution in [2.75, 3.05) is 19.0 Å². The molecule has 1 heterocycles. The van der Waals surface area contributed by atoms with Gasteiger partial charge in [-0.3, -0.25) is 0 Å². The van der Waals surface area contributed by atoms with Crippen LogP contribution in [-0.4, -0.2) is 27.4 Å². The second-order valence-corrected chi connectivity index (χ2v) is 6.21. The van der Waals surface area contributed by atoms with Crippen LogP contribution in [0.1, 0.15) is 12.8 Å². The van der Waals surface area contributed by atoms with Crippen LogP contribution in [-0.2, 0) is 13.8 Å². The molecule has 1 fully saturated rings. The molecule has 1 atom stereocenters. The van der Waals surface area contributed by atoms with E-state index in [2.05, 4.69) is 0 Å². The van der Waals surface area contributed by atoms with Crippen LogP contribution >= 0.6 is 10.7 Å².